The lowest BCUT2D eigenvalue weighted by Gasteiger charge is -2.34. The van der Waals surface area contributed by atoms with Crippen molar-refractivity contribution in [1.29, 1.82) is 0 Å². The first-order valence-electron chi connectivity index (χ1n) is 8.96. The molecule has 1 aliphatic rings. The molecular weight excluding hydrogens is 379 g/mol. The number of urea groups is 1. The molecule has 7 nitrogen and oxygen atoms in total. The number of nitrogens with zero attached hydrogens (tertiary/aromatic N) is 2. The van der Waals surface area contributed by atoms with E-state index in [0.717, 1.165) is 0 Å². The minimum atomic E-state index is -4.29. The van der Waals surface area contributed by atoms with Gasteiger partial charge in [-0.05, 0) is 6.42 Å². The highest BCUT2D eigenvalue weighted by atomic mass is 19.4. The first-order valence-corrected chi connectivity index (χ1v) is 8.96. The number of nitrogens with one attached hydrogen (secondary N) is 1. The molecule has 0 radical (unpaired) electrons. The number of anilines is 1. The molecule has 28 heavy (non-hydrogen) atoms. The number of rotatable bonds is 8. The van der Waals surface area contributed by atoms with E-state index in [4.69, 9.17) is 9.47 Å². The van der Waals surface area contributed by atoms with Gasteiger partial charge in [-0.1, -0.05) is 0 Å². The molecule has 1 aliphatic heterocycles. The smallest absolute Gasteiger partial charge is 0.411 e. The summed E-state index contributed by atoms with van der Waals surface area (Å²) in [7, 11) is 3.07. The van der Waals surface area contributed by atoms with Crippen LogP contribution in [-0.2, 0) is 4.74 Å². The van der Waals surface area contributed by atoms with Crippen LogP contribution in [0.2, 0.25) is 0 Å². The molecule has 1 N–H and O–H groups in total. The molecule has 0 spiro atoms. The Hall–Kier alpha value is -2.20. The van der Waals surface area contributed by atoms with Crippen LogP contribution >= 0.6 is 0 Å². The number of alkyl halides is 3. The molecule has 1 aromatic rings. The van der Waals surface area contributed by atoms with Crippen molar-refractivity contribution in [2.24, 2.45) is 0 Å². The van der Waals surface area contributed by atoms with E-state index in [2.05, 4.69) is 15.0 Å². The van der Waals surface area contributed by atoms with E-state index in [1.165, 1.54) is 14.2 Å². The summed E-state index contributed by atoms with van der Waals surface area (Å²) in [6.45, 7) is 1.89. The van der Waals surface area contributed by atoms with Crippen LogP contribution < -0.4 is 14.8 Å². The number of hydrogen-bond acceptors (Lipinski definition) is 5. The van der Waals surface area contributed by atoms with Gasteiger partial charge in [0, 0.05) is 63.2 Å². The van der Waals surface area contributed by atoms with E-state index in [1.54, 1.807) is 23.1 Å². The van der Waals surface area contributed by atoms with Gasteiger partial charge in [0.05, 0.1) is 14.2 Å². The number of carbonyl (C=O) groups excluding carboxylic acids is 1. The van der Waals surface area contributed by atoms with Crippen LogP contribution in [0.1, 0.15) is 6.42 Å². The third-order valence-corrected chi connectivity index (χ3v) is 4.29. The molecule has 0 bridgehead atoms. The van der Waals surface area contributed by atoms with Crippen LogP contribution in [0.4, 0.5) is 23.7 Å². The maximum atomic E-state index is 12.5. The minimum absolute atomic E-state index is 0.0673. The number of ether oxygens (including phenoxy) is 3. The van der Waals surface area contributed by atoms with Crippen molar-refractivity contribution in [2.45, 2.75) is 12.6 Å². The van der Waals surface area contributed by atoms with Gasteiger partial charge in [0.25, 0.3) is 0 Å². The average Bonchev–Trinajstić information content (AvgIpc) is 2.66. The number of benzene rings is 1. The highest BCUT2D eigenvalue weighted by molar-refractivity contribution is 5.90. The number of methoxy groups -OCH3 is 2. The largest absolute Gasteiger partial charge is 0.497 e. The van der Waals surface area contributed by atoms with Crippen molar-refractivity contribution in [3.05, 3.63) is 18.2 Å². The molecule has 1 heterocycles. The molecule has 0 atom stereocenters. The SMILES string of the molecule is COc1cc(NC(=O)N2CCN(CCCOCC(F)(F)F)CC2)cc(OC)c1. The van der Waals surface area contributed by atoms with Gasteiger partial charge in [-0.15, -0.1) is 0 Å². The van der Waals surface area contributed by atoms with Crippen LogP contribution in [-0.4, -0.2) is 82.2 Å². The van der Waals surface area contributed by atoms with Gasteiger partial charge >= 0.3 is 12.2 Å². The van der Waals surface area contributed by atoms with Crippen molar-refractivity contribution in [3.8, 4) is 11.5 Å². The van der Waals surface area contributed by atoms with Gasteiger partial charge in [0.2, 0.25) is 0 Å². The molecular formula is C18H26F3N3O4. The zero-order valence-corrected chi connectivity index (χ0v) is 16.1. The van der Waals surface area contributed by atoms with Gasteiger partial charge < -0.3 is 24.4 Å². The Bertz CT molecular complexity index is 613. The van der Waals surface area contributed by atoms with E-state index in [0.29, 0.717) is 56.3 Å². The summed E-state index contributed by atoms with van der Waals surface area (Å²) >= 11 is 0. The molecule has 1 aromatic carbocycles. The summed E-state index contributed by atoms with van der Waals surface area (Å²) in [5.41, 5.74) is 0.574. The molecule has 0 aliphatic carbocycles. The molecule has 1 saturated heterocycles. The molecule has 158 valence electrons. The molecule has 0 saturated carbocycles. The number of carbonyl (C=O) groups is 1. The quantitative estimate of drug-likeness (QED) is 0.674. The molecule has 2 rings (SSSR count). The molecule has 2 amide bonds. The van der Waals surface area contributed by atoms with Gasteiger partial charge in [-0.3, -0.25) is 4.90 Å². The summed E-state index contributed by atoms with van der Waals surface area (Å²) in [5, 5.41) is 2.83. The number of amides is 2. The lowest BCUT2D eigenvalue weighted by atomic mass is 10.2. The maximum Gasteiger partial charge on any atom is 0.411 e. The summed E-state index contributed by atoms with van der Waals surface area (Å²) in [4.78, 5) is 16.3. The van der Waals surface area contributed by atoms with E-state index >= 15 is 0 Å². The lowest BCUT2D eigenvalue weighted by molar-refractivity contribution is -0.174. The van der Waals surface area contributed by atoms with E-state index in [-0.39, 0.29) is 12.6 Å². The Morgan fingerprint density at radius 3 is 2.21 bits per heavy atom. The first-order chi connectivity index (χ1) is 13.3. The van der Waals surface area contributed by atoms with Crippen LogP contribution in [0.5, 0.6) is 11.5 Å². The highest BCUT2D eigenvalue weighted by Gasteiger charge is 2.27. The summed E-state index contributed by atoms with van der Waals surface area (Å²) in [6, 6.07) is 4.91. The Balaban J connectivity index is 1.72. The van der Waals surface area contributed by atoms with Gasteiger partial charge in [0.1, 0.15) is 18.1 Å². The van der Waals surface area contributed by atoms with Gasteiger partial charge in [-0.2, -0.15) is 13.2 Å². The fourth-order valence-electron chi connectivity index (χ4n) is 2.83. The molecule has 0 unspecified atom stereocenters. The Morgan fingerprint density at radius 1 is 1.07 bits per heavy atom. The highest BCUT2D eigenvalue weighted by Crippen LogP contribution is 2.26. The predicted molar refractivity (Wildman–Crippen MR) is 98.1 cm³/mol. The van der Waals surface area contributed by atoms with Crippen molar-refractivity contribution in [1.82, 2.24) is 9.80 Å². The standard InChI is InChI=1S/C18H26F3N3O4/c1-26-15-10-14(11-16(12-15)27-2)22-17(25)24-7-5-23(6-8-24)4-3-9-28-13-18(19,20)21/h10-12H,3-9,13H2,1-2H3,(H,22,25). The van der Waals surface area contributed by atoms with Gasteiger partial charge in [-0.25, -0.2) is 4.79 Å². The summed E-state index contributed by atoms with van der Waals surface area (Å²) < 4.78 is 51.0. The lowest BCUT2D eigenvalue weighted by Crippen LogP contribution is -2.50. The minimum Gasteiger partial charge on any atom is -0.497 e. The normalized spacial score (nSPS) is 15.4. The molecule has 0 aromatic heterocycles. The van der Waals surface area contributed by atoms with Gasteiger partial charge in [0.15, 0.2) is 0 Å². The molecule has 10 heteroatoms. The van der Waals surface area contributed by atoms with Crippen molar-refractivity contribution in [3.63, 3.8) is 0 Å². The Labute approximate surface area is 162 Å². The number of piperazine rings is 1. The monoisotopic (exact) mass is 405 g/mol. The predicted octanol–water partition coefficient (Wildman–Crippen LogP) is 2.82. The summed E-state index contributed by atoms with van der Waals surface area (Å²) in [6.07, 6.45) is -3.77. The zero-order chi connectivity index (χ0) is 20.6. The third-order valence-electron chi connectivity index (χ3n) is 4.29. The first kappa shape index (κ1) is 22.1. The molecule has 1 fully saturated rings. The van der Waals surface area contributed by atoms with Crippen molar-refractivity contribution in [2.75, 3.05) is 65.5 Å². The average molecular weight is 405 g/mol. The number of halogens is 3. The van der Waals surface area contributed by atoms with E-state index < -0.39 is 12.8 Å². The fraction of sp³-hybridized carbons (Fsp3) is 0.611. The number of hydrogen-bond donors (Lipinski definition) is 1. The third kappa shape index (κ3) is 7.43. The van der Waals surface area contributed by atoms with Crippen LogP contribution in [0.25, 0.3) is 0 Å². The van der Waals surface area contributed by atoms with Crippen LogP contribution in [0.3, 0.4) is 0 Å². The summed E-state index contributed by atoms with van der Waals surface area (Å²) in [5.74, 6) is 1.15. The second-order valence-corrected chi connectivity index (χ2v) is 6.38. The Morgan fingerprint density at radius 2 is 1.68 bits per heavy atom. The topological polar surface area (TPSA) is 63.3 Å². The van der Waals surface area contributed by atoms with E-state index in [9.17, 15) is 18.0 Å². The van der Waals surface area contributed by atoms with E-state index in [1.807, 2.05) is 0 Å². The second-order valence-electron chi connectivity index (χ2n) is 6.38. The Kier molecular flexibility index (Phi) is 8.18. The van der Waals surface area contributed by atoms with Crippen molar-refractivity contribution < 1.29 is 32.2 Å². The zero-order valence-electron chi connectivity index (χ0n) is 16.1. The van der Waals surface area contributed by atoms with Crippen LogP contribution in [0, 0.1) is 0 Å². The maximum absolute atomic E-state index is 12.5. The van der Waals surface area contributed by atoms with Crippen molar-refractivity contribution >= 4 is 11.7 Å². The van der Waals surface area contributed by atoms with Crippen LogP contribution in [0.15, 0.2) is 18.2 Å². The second kappa shape index (κ2) is 10.4. The fourth-order valence-corrected chi connectivity index (χ4v) is 2.83.